The number of aliphatic hydroxyl groups is 1. The molecule has 3 aromatic rings. The highest BCUT2D eigenvalue weighted by atomic mass is 35.5. The van der Waals surface area contributed by atoms with Crippen molar-refractivity contribution >= 4 is 34.7 Å². The number of anilines is 1. The van der Waals surface area contributed by atoms with E-state index in [4.69, 9.17) is 16.3 Å². The number of carbonyl (C=O) groups excluding carboxylic acids is 2. The molecule has 3 aromatic carbocycles. The van der Waals surface area contributed by atoms with Crippen LogP contribution in [0.15, 0.2) is 72.3 Å². The largest absolute Gasteiger partial charge is 0.508 e. The van der Waals surface area contributed by atoms with Gasteiger partial charge in [-0.25, -0.2) is 0 Å². The normalized spacial score (nSPS) is 17.5. The third-order valence-corrected chi connectivity index (χ3v) is 5.92. The second-order valence-electron chi connectivity index (χ2n) is 7.89. The smallest absolute Gasteiger partial charge is 0.416 e. The predicted octanol–water partition coefficient (Wildman–Crippen LogP) is 6.09. The van der Waals surface area contributed by atoms with Gasteiger partial charge < -0.3 is 14.9 Å². The molecule has 6 nitrogen and oxygen atoms in total. The monoisotopic (exact) mass is 517 g/mol. The summed E-state index contributed by atoms with van der Waals surface area (Å²) >= 11 is 6.12. The van der Waals surface area contributed by atoms with Crippen molar-refractivity contribution in [2.75, 3.05) is 11.5 Å². The van der Waals surface area contributed by atoms with Crippen LogP contribution in [0.1, 0.15) is 29.7 Å². The molecule has 1 saturated heterocycles. The first-order valence-electron chi connectivity index (χ1n) is 10.7. The number of aliphatic hydroxyl groups excluding tert-OH is 1. The number of rotatable bonds is 5. The van der Waals surface area contributed by atoms with Crippen LogP contribution in [0.25, 0.3) is 5.76 Å². The zero-order valence-electron chi connectivity index (χ0n) is 18.7. The van der Waals surface area contributed by atoms with Crippen molar-refractivity contribution in [2.24, 2.45) is 0 Å². The number of hydrogen-bond donors (Lipinski definition) is 2. The number of amides is 1. The first-order chi connectivity index (χ1) is 17.0. The van der Waals surface area contributed by atoms with Crippen molar-refractivity contribution in [2.45, 2.75) is 19.1 Å². The van der Waals surface area contributed by atoms with Crippen molar-refractivity contribution < 1.29 is 37.7 Å². The Bertz CT molecular complexity index is 1370. The number of aromatic hydroxyl groups is 1. The Morgan fingerprint density at radius 1 is 1.06 bits per heavy atom. The van der Waals surface area contributed by atoms with Gasteiger partial charge in [0.25, 0.3) is 11.7 Å². The van der Waals surface area contributed by atoms with Gasteiger partial charge in [-0.3, -0.25) is 14.5 Å². The van der Waals surface area contributed by atoms with Gasteiger partial charge in [-0.2, -0.15) is 13.2 Å². The van der Waals surface area contributed by atoms with E-state index in [2.05, 4.69) is 0 Å². The van der Waals surface area contributed by atoms with E-state index in [1.54, 1.807) is 6.92 Å². The Kier molecular flexibility index (Phi) is 6.69. The Labute approximate surface area is 208 Å². The third-order valence-electron chi connectivity index (χ3n) is 5.61. The van der Waals surface area contributed by atoms with Gasteiger partial charge in [0, 0.05) is 11.3 Å². The van der Waals surface area contributed by atoms with Gasteiger partial charge in [0.15, 0.2) is 0 Å². The fourth-order valence-corrected chi connectivity index (χ4v) is 4.15. The standard InChI is InChI=1S/C26H19ClF3NO5/c1-2-36-20-12-15(8-11-19(20)27)23(33)21-22(14-6-9-18(32)10-7-14)31(25(35)24(21)34)17-5-3-4-16(13-17)26(28,29)30/h3-13,22,32-33H,2H2,1H3/b23-21+. The first-order valence-corrected chi connectivity index (χ1v) is 11.1. The lowest BCUT2D eigenvalue weighted by Gasteiger charge is -2.26. The van der Waals surface area contributed by atoms with Crippen molar-refractivity contribution in [1.29, 1.82) is 0 Å². The number of carbonyl (C=O) groups is 2. The third kappa shape index (κ3) is 4.61. The van der Waals surface area contributed by atoms with Crippen LogP contribution >= 0.6 is 11.6 Å². The van der Waals surface area contributed by atoms with Crippen LogP contribution in [0.5, 0.6) is 11.5 Å². The summed E-state index contributed by atoms with van der Waals surface area (Å²) in [6.45, 7) is 2.01. The van der Waals surface area contributed by atoms with Gasteiger partial charge in [-0.05, 0) is 61.0 Å². The van der Waals surface area contributed by atoms with Crippen LogP contribution < -0.4 is 9.64 Å². The van der Waals surface area contributed by atoms with Gasteiger partial charge in [0.1, 0.15) is 17.3 Å². The summed E-state index contributed by atoms with van der Waals surface area (Å²) in [5.41, 5.74) is -1.13. The number of benzene rings is 3. The van der Waals surface area contributed by atoms with Crippen LogP contribution in [0, 0.1) is 0 Å². The Hall–Kier alpha value is -3.98. The topological polar surface area (TPSA) is 87.1 Å². The van der Waals surface area contributed by atoms with E-state index in [0.29, 0.717) is 0 Å². The maximum atomic E-state index is 13.4. The molecule has 0 aromatic heterocycles. The number of Topliss-reactive ketones (excluding diaryl/α,β-unsaturated/α-hetero) is 1. The highest BCUT2D eigenvalue weighted by Crippen LogP contribution is 2.44. The van der Waals surface area contributed by atoms with E-state index >= 15 is 0 Å². The number of phenols is 1. The van der Waals surface area contributed by atoms with Crippen molar-refractivity contribution in [3.05, 3.63) is 94.0 Å². The first kappa shape index (κ1) is 25.1. The molecule has 1 unspecified atom stereocenters. The molecule has 186 valence electrons. The molecule has 1 heterocycles. The number of ketones is 1. The van der Waals surface area contributed by atoms with Crippen LogP contribution in [0.3, 0.4) is 0 Å². The quantitative estimate of drug-likeness (QED) is 0.243. The van der Waals surface area contributed by atoms with Gasteiger partial charge in [-0.1, -0.05) is 29.8 Å². The SMILES string of the molecule is CCOc1cc(/C(O)=C2\C(=O)C(=O)N(c3cccc(C(F)(F)F)c3)C2c2ccc(O)cc2)ccc1Cl. The molecule has 0 radical (unpaired) electrons. The second-order valence-corrected chi connectivity index (χ2v) is 8.29. The lowest BCUT2D eigenvalue weighted by atomic mass is 9.95. The van der Waals surface area contributed by atoms with E-state index in [-0.39, 0.29) is 45.5 Å². The molecule has 1 aliphatic heterocycles. The number of nitrogens with zero attached hydrogens (tertiary/aromatic N) is 1. The number of ether oxygens (including phenoxy) is 1. The minimum atomic E-state index is -4.68. The summed E-state index contributed by atoms with van der Waals surface area (Å²) in [6.07, 6.45) is -4.68. The predicted molar refractivity (Wildman–Crippen MR) is 127 cm³/mol. The van der Waals surface area contributed by atoms with Crippen molar-refractivity contribution in [3.8, 4) is 11.5 Å². The number of hydrogen-bond acceptors (Lipinski definition) is 5. The molecule has 0 aliphatic carbocycles. The Morgan fingerprint density at radius 3 is 2.39 bits per heavy atom. The average molecular weight is 518 g/mol. The van der Waals surface area contributed by atoms with E-state index in [0.717, 1.165) is 23.1 Å². The zero-order chi connectivity index (χ0) is 26.2. The highest BCUT2D eigenvalue weighted by molar-refractivity contribution is 6.51. The Balaban J connectivity index is 1.94. The van der Waals surface area contributed by atoms with Crippen LogP contribution in [-0.4, -0.2) is 28.5 Å². The minimum absolute atomic E-state index is 0.103. The molecule has 36 heavy (non-hydrogen) atoms. The van der Waals surface area contributed by atoms with E-state index < -0.39 is 35.2 Å². The maximum Gasteiger partial charge on any atom is 0.416 e. The zero-order valence-corrected chi connectivity index (χ0v) is 19.5. The molecule has 0 spiro atoms. The van der Waals surface area contributed by atoms with E-state index in [1.807, 2.05) is 0 Å². The van der Waals surface area contributed by atoms with E-state index in [9.17, 15) is 33.0 Å². The van der Waals surface area contributed by atoms with Gasteiger partial charge >= 0.3 is 6.18 Å². The summed E-state index contributed by atoms with van der Waals surface area (Å²) in [5.74, 6) is -2.63. The minimum Gasteiger partial charge on any atom is -0.508 e. The maximum absolute atomic E-state index is 13.4. The van der Waals surface area contributed by atoms with Crippen LogP contribution in [0.4, 0.5) is 18.9 Å². The summed E-state index contributed by atoms with van der Waals surface area (Å²) in [7, 11) is 0. The molecule has 4 rings (SSSR count). The molecule has 0 saturated carbocycles. The lowest BCUT2D eigenvalue weighted by Crippen LogP contribution is -2.29. The molecule has 0 bridgehead atoms. The molecule has 1 fully saturated rings. The fraction of sp³-hybridized carbons (Fsp3) is 0.154. The molecule has 1 amide bonds. The molecular weight excluding hydrogens is 499 g/mol. The van der Waals surface area contributed by atoms with Crippen molar-refractivity contribution in [1.82, 2.24) is 0 Å². The van der Waals surface area contributed by atoms with Gasteiger partial charge in [0.05, 0.1) is 28.8 Å². The molecule has 1 atom stereocenters. The molecular formula is C26H19ClF3NO5. The summed E-state index contributed by atoms with van der Waals surface area (Å²) in [5, 5.41) is 21.1. The van der Waals surface area contributed by atoms with Crippen LogP contribution in [0.2, 0.25) is 5.02 Å². The van der Waals surface area contributed by atoms with Gasteiger partial charge in [-0.15, -0.1) is 0 Å². The fourth-order valence-electron chi connectivity index (χ4n) is 3.98. The molecule has 10 heteroatoms. The summed E-state index contributed by atoms with van der Waals surface area (Å²) in [4.78, 5) is 27.2. The van der Waals surface area contributed by atoms with Crippen molar-refractivity contribution in [3.63, 3.8) is 0 Å². The van der Waals surface area contributed by atoms with E-state index in [1.165, 1.54) is 48.5 Å². The van der Waals surface area contributed by atoms with Crippen LogP contribution in [-0.2, 0) is 15.8 Å². The highest BCUT2D eigenvalue weighted by Gasteiger charge is 2.47. The van der Waals surface area contributed by atoms with Gasteiger partial charge in [0.2, 0.25) is 0 Å². The molecule has 2 N–H and O–H groups in total. The number of alkyl halides is 3. The Morgan fingerprint density at radius 2 is 1.75 bits per heavy atom. The average Bonchev–Trinajstić information content (AvgIpc) is 3.10. The molecule has 1 aliphatic rings. The number of phenolic OH excluding ortho intramolecular Hbond substituents is 1. The number of halogens is 4. The lowest BCUT2D eigenvalue weighted by molar-refractivity contribution is -0.137. The summed E-state index contributed by atoms with van der Waals surface area (Å²) < 4.78 is 45.6. The summed E-state index contributed by atoms with van der Waals surface area (Å²) in [6, 6.07) is 12.4. The second kappa shape index (κ2) is 9.58.